The Hall–Kier alpha value is -0.850. The van der Waals surface area contributed by atoms with Gasteiger partial charge in [-0.05, 0) is 23.8 Å². The molecule has 0 bridgehead atoms. The van der Waals surface area contributed by atoms with E-state index in [0.717, 1.165) is 12.1 Å². The second-order valence-corrected chi connectivity index (χ2v) is 5.16. The van der Waals surface area contributed by atoms with Crippen molar-refractivity contribution < 1.29 is 17.6 Å². The van der Waals surface area contributed by atoms with Gasteiger partial charge in [-0.2, -0.15) is 13.2 Å². The van der Waals surface area contributed by atoms with Crippen molar-refractivity contribution in [1.29, 1.82) is 0 Å². The van der Waals surface area contributed by atoms with Crippen LogP contribution >= 0.6 is 11.6 Å². The van der Waals surface area contributed by atoms with Gasteiger partial charge in [-0.3, -0.25) is 4.90 Å². The topological polar surface area (TPSA) is 15.3 Å². The summed E-state index contributed by atoms with van der Waals surface area (Å²) in [4.78, 5) is 1.84. The number of alkyl halides is 4. The van der Waals surface area contributed by atoms with Crippen molar-refractivity contribution in [3.05, 3.63) is 34.3 Å². The van der Waals surface area contributed by atoms with E-state index in [1.807, 2.05) is 4.90 Å². The zero-order chi connectivity index (χ0) is 14.8. The summed E-state index contributed by atoms with van der Waals surface area (Å²) in [5, 5.41) is 3.10. The van der Waals surface area contributed by atoms with E-state index in [4.69, 9.17) is 11.6 Å². The summed E-state index contributed by atoms with van der Waals surface area (Å²) in [5.74, 6) is 0. The zero-order valence-corrected chi connectivity index (χ0v) is 11.4. The molecule has 1 heterocycles. The maximum Gasteiger partial charge on any atom is 0.416 e. The fraction of sp³-hybridized carbons (Fsp3) is 0.538. The lowest BCUT2D eigenvalue weighted by Gasteiger charge is -2.34. The van der Waals surface area contributed by atoms with Crippen LogP contribution in [0.2, 0.25) is 5.02 Å². The highest BCUT2D eigenvalue weighted by molar-refractivity contribution is 6.30. The van der Waals surface area contributed by atoms with Gasteiger partial charge in [0.05, 0.1) is 11.6 Å². The molecule has 0 aliphatic carbocycles. The van der Waals surface area contributed by atoms with E-state index in [1.165, 1.54) is 6.07 Å². The van der Waals surface area contributed by atoms with Crippen LogP contribution in [0.25, 0.3) is 0 Å². The molecule has 20 heavy (non-hydrogen) atoms. The van der Waals surface area contributed by atoms with Crippen molar-refractivity contribution in [2.24, 2.45) is 0 Å². The summed E-state index contributed by atoms with van der Waals surface area (Å²) < 4.78 is 51.6. The molecule has 1 atom stereocenters. The van der Waals surface area contributed by atoms with Crippen molar-refractivity contribution in [2.75, 3.05) is 32.9 Å². The molecule has 0 unspecified atom stereocenters. The lowest BCUT2D eigenvalue weighted by molar-refractivity contribution is -0.137. The molecule has 1 saturated heterocycles. The summed E-state index contributed by atoms with van der Waals surface area (Å²) in [6, 6.07) is 2.57. The highest BCUT2D eigenvalue weighted by Crippen LogP contribution is 2.34. The molecule has 0 aromatic heterocycles. The summed E-state index contributed by atoms with van der Waals surface area (Å²) in [6.45, 7) is 1.86. The number of hydrogen-bond donors (Lipinski definition) is 1. The summed E-state index contributed by atoms with van der Waals surface area (Å²) in [7, 11) is 0. The molecule has 0 radical (unpaired) electrons. The van der Waals surface area contributed by atoms with Crippen LogP contribution < -0.4 is 5.32 Å². The predicted molar refractivity (Wildman–Crippen MR) is 69.6 cm³/mol. The molecule has 1 aromatic rings. The van der Waals surface area contributed by atoms with Gasteiger partial charge in [-0.25, -0.2) is 4.39 Å². The fourth-order valence-electron chi connectivity index (χ4n) is 2.36. The van der Waals surface area contributed by atoms with Crippen LogP contribution in [0.1, 0.15) is 17.2 Å². The van der Waals surface area contributed by atoms with Crippen LogP contribution in [0.3, 0.4) is 0 Å². The number of rotatable bonds is 3. The van der Waals surface area contributed by atoms with E-state index in [2.05, 4.69) is 5.32 Å². The first-order valence-electron chi connectivity index (χ1n) is 6.30. The summed E-state index contributed by atoms with van der Waals surface area (Å²) in [6.07, 6.45) is -4.48. The Morgan fingerprint density at radius 3 is 2.40 bits per heavy atom. The van der Waals surface area contributed by atoms with Crippen molar-refractivity contribution in [3.63, 3.8) is 0 Å². The molecule has 0 spiro atoms. The van der Waals surface area contributed by atoms with Crippen molar-refractivity contribution in [3.8, 4) is 0 Å². The Balaban J connectivity index is 2.31. The largest absolute Gasteiger partial charge is 0.416 e. The van der Waals surface area contributed by atoms with Gasteiger partial charge in [-0.1, -0.05) is 11.6 Å². The van der Waals surface area contributed by atoms with Crippen molar-refractivity contribution in [2.45, 2.75) is 12.2 Å². The number of benzene rings is 1. The Labute approximate surface area is 119 Å². The van der Waals surface area contributed by atoms with Gasteiger partial charge >= 0.3 is 6.18 Å². The minimum absolute atomic E-state index is 0.0246. The Morgan fingerprint density at radius 2 is 1.85 bits per heavy atom. The maximum atomic E-state index is 13.3. The zero-order valence-electron chi connectivity index (χ0n) is 10.7. The van der Waals surface area contributed by atoms with Crippen molar-refractivity contribution in [1.82, 2.24) is 10.2 Å². The minimum Gasteiger partial charge on any atom is -0.314 e. The Kier molecular flexibility index (Phi) is 4.88. The quantitative estimate of drug-likeness (QED) is 0.862. The highest BCUT2D eigenvalue weighted by atomic mass is 35.5. The summed E-state index contributed by atoms with van der Waals surface area (Å²) in [5.41, 5.74) is -0.567. The van der Waals surface area contributed by atoms with Crippen molar-refractivity contribution >= 4 is 11.6 Å². The first kappa shape index (κ1) is 15.5. The second kappa shape index (κ2) is 6.28. The van der Waals surface area contributed by atoms with Crippen LogP contribution in [-0.4, -0.2) is 37.8 Å². The molecule has 7 heteroatoms. The van der Waals surface area contributed by atoms with E-state index in [-0.39, 0.29) is 10.6 Å². The van der Waals surface area contributed by atoms with Crippen LogP contribution in [0.15, 0.2) is 18.2 Å². The third-order valence-electron chi connectivity index (χ3n) is 3.37. The lowest BCUT2D eigenvalue weighted by Crippen LogP contribution is -2.45. The molecule has 1 fully saturated rings. The molecular formula is C13H15ClF4N2. The highest BCUT2D eigenvalue weighted by Gasteiger charge is 2.32. The third-order valence-corrected chi connectivity index (χ3v) is 3.59. The lowest BCUT2D eigenvalue weighted by atomic mass is 10.0. The molecule has 1 aromatic carbocycles. The molecular weight excluding hydrogens is 296 g/mol. The molecule has 2 nitrogen and oxygen atoms in total. The minimum atomic E-state index is -4.48. The van der Waals surface area contributed by atoms with Gasteiger partial charge in [-0.15, -0.1) is 0 Å². The van der Waals surface area contributed by atoms with Gasteiger partial charge in [0.15, 0.2) is 0 Å². The van der Waals surface area contributed by atoms with E-state index >= 15 is 0 Å². The SMILES string of the molecule is FC[C@@H](c1cc(Cl)cc(C(F)(F)F)c1)N1CCNCC1. The summed E-state index contributed by atoms with van der Waals surface area (Å²) >= 11 is 5.74. The number of piperazine rings is 1. The molecule has 1 aliphatic heterocycles. The van der Waals surface area contributed by atoms with Gasteiger partial charge in [0.25, 0.3) is 0 Å². The standard InChI is InChI=1S/C13H15ClF4N2/c14-11-6-9(5-10(7-11)13(16,17)18)12(8-15)20-3-1-19-2-4-20/h5-7,12,19H,1-4,8H2/t12-/m0/s1. The van der Waals surface area contributed by atoms with E-state index < -0.39 is 24.5 Å². The molecule has 1 aliphatic rings. The smallest absolute Gasteiger partial charge is 0.314 e. The number of hydrogen-bond acceptors (Lipinski definition) is 2. The second-order valence-electron chi connectivity index (χ2n) is 4.73. The molecule has 0 saturated carbocycles. The predicted octanol–water partition coefficient (Wildman–Crippen LogP) is 3.27. The molecule has 2 rings (SSSR count). The third kappa shape index (κ3) is 3.62. The van der Waals surface area contributed by atoms with Crippen LogP contribution in [0.4, 0.5) is 17.6 Å². The van der Waals surface area contributed by atoms with Gasteiger partial charge in [0.1, 0.15) is 6.67 Å². The monoisotopic (exact) mass is 310 g/mol. The molecule has 1 N–H and O–H groups in total. The number of halogens is 5. The maximum absolute atomic E-state index is 13.3. The molecule has 0 amide bonds. The Morgan fingerprint density at radius 1 is 1.20 bits per heavy atom. The Bertz CT molecular complexity index is 458. The van der Waals surface area contributed by atoms with Crippen LogP contribution in [0.5, 0.6) is 0 Å². The first-order valence-corrected chi connectivity index (χ1v) is 6.68. The number of nitrogens with zero attached hydrogens (tertiary/aromatic N) is 1. The van der Waals surface area contributed by atoms with Gasteiger partial charge < -0.3 is 5.32 Å². The fourth-order valence-corrected chi connectivity index (χ4v) is 2.60. The first-order chi connectivity index (χ1) is 9.41. The average molecular weight is 311 g/mol. The van der Waals surface area contributed by atoms with Crippen LogP contribution in [0, 0.1) is 0 Å². The average Bonchev–Trinajstić information content (AvgIpc) is 2.39. The van der Waals surface area contributed by atoms with Crippen LogP contribution in [-0.2, 0) is 6.18 Å². The normalized spacial score (nSPS) is 19.1. The van der Waals surface area contributed by atoms with Gasteiger partial charge in [0.2, 0.25) is 0 Å². The van der Waals surface area contributed by atoms with E-state index in [0.29, 0.717) is 26.2 Å². The molecule has 112 valence electrons. The number of nitrogens with one attached hydrogen (secondary N) is 1. The van der Waals surface area contributed by atoms with E-state index in [1.54, 1.807) is 0 Å². The van der Waals surface area contributed by atoms with Gasteiger partial charge in [0, 0.05) is 31.2 Å². The van der Waals surface area contributed by atoms with E-state index in [9.17, 15) is 17.6 Å².